The van der Waals surface area contributed by atoms with E-state index in [1.165, 1.54) is 6.08 Å². The topological polar surface area (TPSA) is 93.8 Å². The van der Waals surface area contributed by atoms with Crippen molar-refractivity contribution in [3.05, 3.63) is 112 Å². The molecule has 2 heterocycles. The molecule has 0 radical (unpaired) electrons. The van der Waals surface area contributed by atoms with E-state index in [4.69, 9.17) is 11.5 Å². The van der Waals surface area contributed by atoms with Crippen molar-refractivity contribution in [2.75, 3.05) is 6.54 Å². The van der Waals surface area contributed by atoms with Gasteiger partial charge in [0.2, 0.25) is 0 Å². The third-order valence-electron chi connectivity index (χ3n) is 6.73. The van der Waals surface area contributed by atoms with Gasteiger partial charge in [-0.15, -0.1) is 12.4 Å². The summed E-state index contributed by atoms with van der Waals surface area (Å²) < 4.78 is 33.4. The summed E-state index contributed by atoms with van der Waals surface area (Å²) >= 11 is 0. The van der Waals surface area contributed by atoms with Gasteiger partial charge in [-0.3, -0.25) is 4.79 Å². The summed E-state index contributed by atoms with van der Waals surface area (Å²) in [7, 11) is 0. The van der Waals surface area contributed by atoms with Gasteiger partial charge in [0.25, 0.3) is 0 Å². The molecule has 0 spiro atoms. The molecule has 4 N–H and O–H groups in total. The molecular weight excluding hydrogens is 469 g/mol. The second-order valence-electron chi connectivity index (χ2n) is 8.64. The third-order valence-corrected chi connectivity index (χ3v) is 6.73. The fraction of sp³-hybridized carbons (Fsp3) is 0.192. The van der Waals surface area contributed by atoms with E-state index in [1.807, 2.05) is 30.3 Å². The molecular formula is C26H24BClF2N4O. The summed E-state index contributed by atoms with van der Waals surface area (Å²) in [5, 5.41) is 8.22. The zero-order valence-electron chi connectivity index (χ0n) is 19.0. The minimum atomic E-state index is -2.21. The fourth-order valence-corrected chi connectivity index (χ4v) is 4.91. The van der Waals surface area contributed by atoms with Crippen molar-refractivity contribution in [1.29, 1.82) is 0 Å². The first-order valence-electron chi connectivity index (χ1n) is 11.2. The largest absolute Gasteiger partial charge is 0.418 e. The van der Waals surface area contributed by atoms with Crippen molar-refractivity contribution >= 4 is 30.8 Å². The molecule has 2 unspecified atom stereocenters. The van der Waals surface area contributed by atoms with Crippen LogP contribution in [-0.4, -0.2) is 24.9 Å². The predicted molar refractivity (Wildman–Crippen MR) is 136 cm³/mol. The number of Topliss-reactive ketones (excluding diaryl/α,β-unsaturated/α-hetero) is 1. The predicted octanol–water partition coefficient (Wildman–Crippen LogP) is 4.96. The van der Waals surface area contributed by atoms with Gasteiger partial charge in [-0.25, -0.2) is 4.39 Å². The molecule has 0 aromatic heterocycles. The monoisotopic (exact) mass is 492 g/mol. The van der Waals surface area contributed by atoms with E-state index in [-0.39, 0.29) is 53.5 Å². The van der Waals surface area contributed by atoms with Crippen LogP contribution < -0.4 is 11.5 Å². The molecule has 0 bridgehead atoms. The van der Waals surface area contributed by atoms with E-state index in [9.17, 15) is 4.79 Å². The highest BCUT2D eigenvalue weighted by Gasteiger charge is 2.54. The molecule has 2 aliphatic heterocycles. The lowest BCUT2D eigenvalue weighted by atomic mass is 9.48. The van der Waals surface area contributed by atoms with Crippen molar-refractivity contribution in [2.24, 2.45) is 21.7 Å². The molecule has 9 heteroatoms. The lowest BCUT2D eigenvalue weighted by molar-refractivity contribution is -0.122. The number of hydrogen-bond acceptors (Lipinski definition) is 5. The maximum absolute atomic E-state index is 16.9. The summed E-state index contributed by atoms with van der Waals surface area (Å²) in [6.45, 7) is -0.533. The van der Waals surface area contributed by atoms with Crippen molar-refractivity contribution in [1.82, 2.24) is 0 Å². The number of allylic oxidation sites excluding steroid dienone is 6. The highest BCUT2D eigenvalue weighted by molar-refractivity contribution is 6.70. The molecule has 178 valence electrons. The number of nitrogens with two attached hydrogens (primary N) is 2. The van der Waals surface area contributed by atoms with Crippen LogP contribution in [-0.2, 0) is 10.5 Å². The maximum Gasteiger partial charge on any atom is 0.418 e. The summed E-state index contributed by atoms with van der Waals surface area (Å²) in [6.07, 6.45) is 3.19. The second kappa shape index (κ2) is 9.11. The Bertz CT molecular complexity index is 1340. The first kappa shape index (κ1) is 24.9. The minimum Gasteiger partial charge on any atom is -0.328 e. The quantitative estimate of drug-likeness (QED) is 0.558. The maximum atomic E-state index is 16.9. The SMILES string of the molecule is CCC(=O)C(N)(CN)C1=C2B(F)C3=C(C=C2N=N1)C(c1ccccc1)=CC3(F)c1ccccc1.Cl. The molecule has 0 saturated heterocycles. The van der Waals surface area contributed by atoms with Gasteiger partial charge < -0.3 is 15.8 Å². The molecule has 5 nitrogen and oxygen atoms in total. The average Bonchev–Trinajstić information content (AvgIpc) is 3.45. The summed E-state index contributed by atoms with van der Waals surface area (Å²) in [5.41, 5.74) is 10.5. The third kappa shape index (κ3) is 3.64. The van der Waals surface area contributed by atoms with E-state index in [0.29, 0.717) is 16.7 Å². The second-order valence-corrected chi connectivity index (χ2v) is 8.64. The number of halogens is 3. The Kier molecular flexibility index (Phi) is 6.49. The van der Waals surface area contributed by atoms with Crippen LogP contribution in [0.15, 0.2) is 111 Å². The Morgan fingerprint density at radius 3 is 2.31 bits per heavy atom. The van der Waals surface area contributed by atoms with Gasteiger partial charge in [0.1, 0.15) is 5.54 Å². The molecule has 2 atom stereocenters. The van der Waals surface area contributed by atoms with Crippen LogP contribution in [0.3, 0.4) is 0 Å². The first-order chi connectivity index (χ1) is 16.3. The number of rotatable bonds is 6. The van der Waals surface area contributed by atoms with Crippen molar-refractivity contribution in [3.63, 3.8) is 0 Å². The van der Waals surface area contributed by atoms with Crippen LogP contribution in [0.4, 0.5) is 8.71 Å². The summed E-state index contributed by atoms with van der Waals surface area (Å²) in [6, 6.07) is 17.7. The van der Waals surface area contributed by atoms with Crippen LogP contribution in [0.5, 0.6) is 0 Å². The normalized spacial score (nSPS) is 22.3. The van der Waals surface area contributed by atoms with Gasteiger partial charge in [-0.1, -0.05) is 67.6 Å². The lowest BCUT2D eigenvalue weighted by Crippen LogP contribution is -2.55. The average molecular weight is 493 g/mol. The molecule has 0 amide bonds. The van der Waals surface area contributed by atoms with Gasteiger partial charge in [-0.05, 0) is 39.9 Å². The molecule has 2 aromatic carbocycles. The summed E-state index contributed by atoms with van der Waals surface area (Å²) in [5.74, 6) is -0.381. The van der Waals surface area contributed by atoms with Gasteiger partial charge in [0, 0.05) is 18.4 Å². The van der Waals surface area contributed by atoms with Crippen LogP contribution in [0.2, 0.25) is 0 Å². The van der Waals surface area contributed by atoms with Crippen LogP contribution in [0.25, 0.3) is 5.57 Å². The van der Waals surface area contributed by atoms with E-state index in [1.54, 1.807) is 43.3 Å². The number of alkyl halides is 1. The summed E-state index contributed by atoms with van der Waals surface area (Å²) in [4.78, 5) is 12.7. The van der Waals surface area contributed by atoms with Crippen molar-refractivity contribution in [2.45, 2.75) is 24.6 Å². The smallest absolute Gasteiger partial charge is 0.328 e. The molecule has 1 aliphatic carbocycles. The standard InChI is InChI=1S/C26H23BF2N4O.ClH/c1-2-21(34)26(31,15-30)24-22-20(32-33-24)13-18-19(16-9-5-3-6-10-16)14-25(28,23(18)27(22)29)17-11-7-4-8-12-17;/h3-14H,2,15,30-31H2,1H3;1H. The van der Waals surface area contributed by atoms with Gasteiger partial charge in [-0.2, -0.15) is 10.2 Å². The van der Waals surface area contributed by atoms with E-state index in [2.05, 4.69) is 10.2 Å². The van der Waals surface area contributed by atoms with Crippen LogP contribution in [0.1, 0.15) is 24.5 Å². The van der Waals surface area contributed by atoms with Gasteiger partial charge in [0.05, 0.1) is 11.4 Å². The number of nitrogens with zero attached hydrogens (tertiary/aromatic N) is 2. The van der Waals surface area contributed by atoms with E-state index >= 15 is 8.71 Å². The van der Waals surface area contributed by atoms with E-state index in [0.717, 1.165) is 5.56 Å². The molecule has 5 rings (SSSR count). The van der Waals surface area contributed by atoms with E-state index < -0.39 is 18.2 Å². The Balaban J connectivity index is 0.00000289. The van der Waals surface area contributed by atoms with Crippen LogP contribution >= 0.6 is 12.4 Å². The zero-order chi connectivity index (χ0) is 24.1. The number of azo groups is 1. The highest BCUT2D eigenvalue weighted by Crippen LogP contribution is 2.54. The van der Waals surface area contributed by atoms with Crippen molar-refractivity contribution < 1.29 is 13.5 Å². The minimum absolute atomic E-state index is 0. The molecule has 2 aromatic rings. The van der Waals surface area contributed by atoms with Crippen LogP contribution in [0, 0.1) is 0 Å². The Morgan fingerprint density at radius 2 is 1.71 bits per heavy atom. The fourth-order valence-electron chi connectivity index (χ4n) is 4.91. The number of benzene rings is 2. The Labute approximate surface area is 208 Å². The number of carbonyl (C=O) groups is 1. The number of fused-ring (bicyclic) bond motifs is 1. The highest BCUT2D eigenvalue weighted by atomic mass is 35.5. The number of ketones is 1. The van der Waals surface area contributed by atoms with Crippen molar-refractivity contribution in [3.8, 4) is 0 Å². The number of hydrogen-bond donors (Lipinski definition) is 2. The number of carbonyl (C=O) groups excluding carboxylic acids is 1. The molecule has 0 saturated carbocycles. The van der Waals surface area contributed by atoms with Gasteiger partial charge >= 0.3 is 6.99 Å². The molecule has 3 aliphatic rings. The Morgan fingerprint density at radius 1 is 1.09 bits per heavy atom. The Hall–Kier alpha value is -3.20. The molecule has 0 fully saturated rings. The lowest BCUT2D eigenvalue weighted by Gasteiger charge is -2.30. The molecule has 35 heavy (non-hydrogen) atoms. The first-order valence-corrected chi connectivity index (χ1v) is 11.2. The zero-order valence-corrected chi connectivity index (χ0v) is 19.9. The van der Waals surface area contributed by atoms with Gasteiger partial charge in [0.15, 0.2) is 11.5 Å².